The molecule has 0 bridgehead atoms. The van der Waals surface area contributed by atoms with Crippen LogP contribution in [0.1, 0.15) is 25.3 Å². The van der Waals surface area contributed by atoms with Crippen molar-refractivity contribution in [2.45, 2.75) is 19.8 Å². The van der Waals surface area contributed by atoms with E-state index in [-0.39, 0.29) is 0 Å². The van der Waals surface area contributed by atoms with Crippen LogP contribution in [0.4, 0.5) is 0 Å². The highest BCUT2D eigenvalue weighted by Crippen LogP contribution is 2.21. The van der Waals surface area contributed by atoms with E-state index in [0.717, 1.165) is 12.3 Å². The highest BCUT2D eigenvalue weighted by molar-refractivity contribution is 8.14. The Bertz CT molecular complexity index is 501. The van der Waals surface area contributed by atoms with Gasteiger partial charge in [-0.2, -0.15) is 0 Å². The van der Waals surface area contributed by atoms with Crippen LogP contribution in [0.15, 0.2) is 35.4 Å². The van der Waals surface area contributed by atoms with Crippen molar-refractivity contribution in [2.75, 3.05) is 25.4 Å². The van der Waals surface area contributed by atoms with Gasteiger partial charge in [-0.3, -0.25) is 0 Å². The van der Waals surface area contributed by atoms with Gasteiger partial charge in [-0.25, -0.2) is 0 Å². The van der Waals surface area contributed by atoms with Gasteiger partial charge in [-0.1, -0.05) is 34.6 Å². The second-order valence-corrected chi connectivity index (χ2v) is 5.84. The average molecular weight is 274 g/mol. The monoisotopic (exact) mass is 274 g/mol. The summed E-state index contributed by atoms with van der Waals surface area (Å²) in [4.78, 5) is 2.43. The minimum atomic E-state index is 0.933. The minimum Gasteiger partial charge on any atom is -0.346 e. The highest BCUT2D eigenvalue weighted by atomic mass is 32.2. The molecule has 2 aliphatic heterocycles. The van der Waals surface area contributed by atoms with E-state index >= 15 is 0 Å². The van der Waals surface area contributed by atoms with Crippen LogP contribution in [0, 0.1) is 0 Å². The van der Waals surface area contributed by atoms with E-state index in [2.05, 4.69) is 46.8 Å². The lowest BCUT2D eigenvalue weighted by Gasteiger charge is -2.20. The van der Waals surface area contributed by atoms with Gasteiger partial charge in [-0.15, -0.1) is 0 Å². The molecule has 19 heavy (non-hydrogen) atoms. The molecule has 0 aliphatic carbocycles. The van der Waals surface area contributed by atoms with Gasteiger partial charge in [-0.05, 0) is 31.9 Å². The molecule has 2 heterocycles. The number of benzene rings is 1. The van der Waals surface area contributed by atoms with E-state index in [9.17, 15) is 0 Å². The fraction of sp³-hybridized carbons (Fsp3) is 0.467. The predicted molar refractivity (Wildman–Crippen MR) is 82.1 cm³/mol. The van der Waals surface area contributed by atoms with Gasteiger partial charge < -0.3 is 4.90 Å². The van der Waals surface area contributed by atoms with Crippen molar-refractivity contribution in [3.63, 3.8) is 0 Å². The summed E-state index contributed by atoms with van der Waals surface area (Å²) in [6.45, 7) is 5.44. The van der Waals surface area contributed by atoms with Gasteiger partial charge in [0.05, 0.1) is 5.75 Å². The molecule has 1 aromatic rings. The third-order valence-electron chi connectivity index (χ3n) is 3.64. The van der Waals surface area contributed by atoms with E-state index in [1.807, 2.05) is 11.8 Å². The van der Waals surface area contributed by atoms with E-state index in [1.165, 1.54) is 42.4 Å². The number of thioether (sulfide) groups is 1. The molecular formula is C15H20N3S+. The Morgan fingerprint density at radius 1 is 1.21 bits per heavy atom. The zero-order chi connectivity index (χ0) is 13.1. The molecule has 0 saturated carbocycles. The summed E-state index contributed by atoms with van der Waals surface area (Å²) in [6.07, 6.45) is 2.61. The number of hydrazone groups is 1. The van der Waals surface area contributed by atoms with Crippen molar-refractivity contribution in [3.8, 4) is 0 Å². The number of rotatable bonds is 2. The smallest absolute Gasteiger partial charge is 0.231 e. The molecule has 3 rings (SSSR count). The molecule has 4 heteroatoms. The maximum Gasteiger partial charge on any atom is 0.231 e. The average Bonchev–Trinajstić information content (AvgIpc) is 3.02. The number of nitrogens with zero attached hydrogens (tertiary/aromatic N) is 3. The van der Waals surface area contributed by atoms with Gasteiger partial charge in [0.2, 0.25) is 10.9 Å². The Morgan fingerprint density at radius 3 is 2.63 bits per heavy atom. The fourth-order valence-electron chi connectivity index (χ4n) is 2.59. The fourth-order valence-corrected chi connectivity index (χ4v) is 3.69. The van der Waals surface area contributed by atoms with Crippen LogP contribution in [0.25, 0.3) is 0 Å². The summed E-state index contributed by atoms with van der Waals surface area (Å²) in [5, 5.41) is 6.05. The van der Waals surface area contributed by atoms with Crippen LogP contribution < -0.4 is 0 Å². The van der Waals surface area contributed by atoms with Crippen LogP contribution in [-0.2, 0) is 0 Å². The first kappa shape index (κ1) is 12.7. The first-order valence-electron chi connectivity index (χ1n) is 7.03. The SMILES string of the molecule is CC[N+]1=C(c2ccccc2)CSC(N2CCCC2)=N1. The van der Waals surface area contributed by atoms with Crippen molar-refractivity contribution in [1.29, 1.82) is 0 Å². The van der Waals surface area contributed by atoms with Crippen molar-refractivity contribution < 1.29 is 4.68 Å². The number of hydrogen-bond donors (Lipinski definition) is 0. The van der Waals surface area contributed by atoms with Crippen LogP contribution in [-0.4, -0.2) is 45.9 Å². The topological polar surface area (TPSA) is 18.6 Å². The van der Waals surface area contributed by atoms with Crippen LogP contribution in [0.3, 0.4) is 0 Å². The lowest BCUT2D eigenvalue weighted by Crippen LogP contribution is -2.33. The lowest BCUT2D eigenvalue weighted by molar-refractivity contribution is -0.530. The second kappa shape index (κ2) is 5.78. The quantitative estimate of drug-likeness (QED) is 0.772. The van der Waals surface area contributed by atoms with E-state index in [4.69, 9.17) is 5.10 Å². The van der Waals surface area contributed by atoms with Crippen molar-refractivity contribution >= 4 is 22.6 Å². The zero-order valence-electron chi connectivity index (χ0n) is 11.4. The van der Waals surface area contributed by atoms with Gasteiger partial charge >= 0.3 is 0 Å². The molecule has 2 aliphatic rings. The number of likely N-dealkylation sites (tertiary alicyclic amines) is 1. The summed E-state index contributed by atoms with van der Waals surface area (Å²) in [6, 6.07) is 10.6. The highest BCUT2D eigenvalue weighted by Gasteiger charge is 2.28. The zero-order valence-corrected chi connectivity index (χ0v) is 12.2. The molecule has 100 valence electrons. The van der Waals surface area contributed by atoms with Crippen LogP contribution in [0.2, 0.25) is 0 Å². The molecule has 0 N–H and O–H groups in total. The summed E-state index contributed by atoms with van der Waals surface area (Å²) >= 11 is 1.88. The van der Waals surface area contributed by atoms with Gasteiger partial charge in [0.25, 0.3) is 0 Å². The Hall–Kier alpha value is -1.29. The summed E-state index contributed by atoms with van der Waals surface area (Å²) in [5.74, 6) is 1.02. The summed E-state index contributed by atoms with van der Waals surface area (Å²) in [7, 11) is 0. The van der Waals surface area contributed by atoms with E-state index < -0.39 is 0 Å². The number of amidine groups is 1. The third kappa shape index (κ3) is 2.68. The van der Waals surface area contributed by atoms with E-state index in [1.54, 1.807) is 0 Å². The van der Waals surface area contributed by atoms with Gasteiger partial charge in [0.1, 0.15) is 0 Å². The summed E-state index contributed by atoms with van der Waals surface area (Å²) in [5.41, 5.74) is 2.62. The molecule has 0 spiro atoms. The Morgan fingerprint density at radius 2 is 1.95 bits per heavy atom. The van der Waals surface area contributed by atoms with E-state index in [0.29, 0.717) is 0 Å². The third-order valence-corrected chi connectivity index (χ3v) is 4.65. The maximum absolute atomic E-state index is 4.84. The van der Waals surface area contributed by atoms with Crippen molar-refractivity contribution in [2.24, 2.45) is 5.10 Å². The Balaban J connectivity index is 1.91. The van der Waals surface area contributed by atoms with Crippen LogP contribution >= 0.6 is 11.8 Å². The molecule has 1 saturated heterocycles. The molecule has 1 fully saturated rings. The molecule has 1 aromatic carbocycles. The van der Waals surface area contributed by atoms with Gasteiger partial charge in [0.15, 0.2) is 6.54 Å². The molecule has 0 aromatic heterocycles. The summed E-state index contributed by atoms with van der Waals surface area (Å²) < 4.78 is 2.17. The molecule has 0 unspecified atom stereocenters. The largest absolute Gasteiger partial charge is 0.346 e. The maximum atomic E-state index is 4.84. The molecule has 0 radical (unpaired) electrons. The minimum absolute atomic E-state index is 0.933. The Kier molecular flexibility index (Phi) is 3.87. The second-order valence-electron chi connectivity index (χ2n) is 4.89. The lowest BCUT2D eigenvalue weighted by atomic mass is 10.1. The molecular weight excluding hydrogens is 254 g/mol. The first-order valence-corrected chi connectivity index (χ1v) is 8.02. The molecule has 0 amide bonds. The van der Waals surface area contributed by atoms with Crippen molar-refractivity contribution in [3.05, 3.63) is 35.9 Å². The predicted octanol–water partition coefficient (Wildman–Crippen LogP) is 2.62. The van der Waals surface area contributed by atoms with Gasteiger partial charge in [0, 0.05) is 23.8 Å². The van der Waals surface area contributed by atoms with Crippen molar-refractivity contribution in [1.82, 2.24) is 4.90 Å². The van der Waals surface area contributed by atoms with Crippen LogP contribution in [0.5, 0.6) is 0 Å². The normalized spacial score (nSPS) is 19.8. The first-order chi connectivity index (χ1) is 9.38. The molecule has 3 nitrogen and oxygen atoms in total. The number of hydrogen-bond acceptors (Lipinski definition) is 3. The standard InChI is InChI=1S/C15H20N3S/c1-2-18-14(13-8-4-3-5-9-13)12-19-15(16-18)17-10-6-7-11-17/h3-5,8-9H,2,6-7,10-12H2,1H3/q+1. The molecule has 0 atom stereocenters. The Labute approximate surface area is 119 Å².